The number of likely N-dealkylation sites (tertiary alicyclic amines) is 2. The maximum Gasteiger partial charge on any atom is 0.257 e. The molecule has 3 heterocycles. The molecule has 26 heavy (non-hydrogen) atoms. The minimum atomic E-state index is 0.164. The number of aromatic nitrogens is 2. The average Bonchev–Trinajstić information content (AvgIpc) is 3.17. The lowest BCUT2D eigenvalue weighted by Crippen LogP contribution is -2.61. The summed E-state index contributed by atoms with van der Waals surface area (Å²) in [6, 6.07) is 10.0. The lowest BCUT2D eigenvalue weighted by molar-refractivity contribution is -0.150. The van der Waals surface area contributed by atoms with Gasteiger partial charge < -0.3 is 9.42 Å². The van der Waals surface area contributed by atoms with Crippen molar-refractivity contribution in [1.29, 1.82) is 0 Å². The van der Waals surface area contributed by atoms with Crippen molar-refractivity contribution in [3.05, 3.63) is 36.2 Å². The van der Waals surface area contributed by atoms with Gasteiger partial charge in [-0.05, 0) is 38.4 Å². The highest BCUT2D eigenvalue weighted by molar-refractivity contribution is 5.80. The van der Waals surface area contributed by atoms with Crippen LogP contribution in [0.4, 0.5) is 0 Å². The van der Waals surface area contributed by atoms with Crippen molar-refractivity contribution in [1.82, 2.24) is 19.9 Å². The first-order valence-corrected chi connectivity index (χ1v) is 9.52. The van der Waals surface area contributed by atoms with Gasteiger partial charge in [-0.25, -0.2) is 0 Å². The van der Waals surface area contributed by atoms with E-state index in [0.717, 1.165) is 50.3 Å². The molecule has 1 aromatic heterocycles. The van der Waals surface area contributed by atoms with E-state index in [1.807, 2.05) is 30.3 Å². The van der Waals surface area contributed by atoms with E-state index >= 15 is 0 Å². The van der Waals surface area contributed by atoms with Gasteiger partial charge in [0.25, 0.3) is 5.89 Å². The number of carbonyl (C=O) groups is 1. The summed E-state index contributed by atoms with van der Waals surface area (Å²) in [6.45, 7) is 2.75. The lowest BCUT2D eigenvalue weighted by Gasteiger charge is -2.50. The van der Waals surface area contributed by atoms with Crippen molar-refractivity contribution in [3.63, 3.8) is 0 Å². The maximum atomic E-state index is 12.4. The highest BCUT2D eigenvalue weighted by Gasteiger charge is 2.53. The van der Waals surface area contributed by atoms with E-state index in [4.69, 9.17) is 4.52 Å². The normalized spacial score (nSPS) is 25.3. The van der Waals surface area contributed by atoms with E-state index in [1.165, 1.54) is 6.42 Å². The van der Waals surface area contributed by atoms with E-state index in [0.29, 0.717) is 17.7 Å². The van der Waals surface area contributed by atoms with Gasteiger partial charge >= 0.3 is 0 Å². The average molecular weight is 352 g/mol. The minimum absolute atomic E-state index is 0.164. The van der Waals surface area contributed by atoms with Gasteiger partial charge in [-0.3, -0.25) is 9.69 Å². The molecule has 1 aliphatic carbocycles. The molecule has 6 nitrogen and oxygen atoms in total. The van der Waals surface area contributed by atoms with Gasteiger partial charge in [0.15, 0.2) is 5.82 Å². The Morgan fingerprint density at radius 2 is 1.96 bits per heavy atom. The number of hydrogen-bond donors (Lipinski definition) is 0. The number of amides is 1. The first-order valence-electron chi connectivity index (χ1n) is 9.52. The standard InChI is InChI=1S/C20H24N4O2/c1-23-11-20(12-24(13-20)19(25)15-8-5-9-15)10-16(23)17-21-18(26-22-17)14-6-3-2-4-7-14/h2-4,6-7,15-16H,5,8-13H2,1H3. The Kier molecular flexibility index (Phi) is 3.64. The molecule has 6 heteroatoms. The van der Waals surface area contributed by atoms with Crippen molar-refractivity contribution in [3.8, 4) is 11.5 Å². The summed E-state index contributed by atoms with van der Waals surface area (Å²) in [6.07, 6.45) is 4.36. The molecule has 2 saturated heterocycles. The van der Waals surface area contributed by atoms with E-state index in [-0.39, 0.29) is 11.5 Å². The van der Waals surface area contributed by atoms with Gasteiger partial charge in [0.1, 0.15) is 0 Å². The van der Waals surface area contributed by atoms with Crippen LogP contribution in [0.2, 0.25) is 0 Å². The number of rotatable bonds is 3. The van der Waals surface area contributed by atoms with E-state index in [2.05, 4.69) is 27.0 Å². The molecule has 3 fully saturated rings. The molecule has 1 aromatic carbocycles. The molecule has 1 unspecified atom stereocenters. The molecule has 3 aliphatic rings. The summed E-state index contributed by atoms with van der Waals surface area (Å²) in [7, 11) is 2.12. The van der Waals surface area contributed by atoms with Crippen molar-refractivity contribution in [2.24, 2.45) is 11.3 Å². The third kappa shape index (κ3) is 2.55. The Balaban J connectivity index is 1.27. The zero-order valence-corrected chi connectivity index (χ0v) is 15.1. The smallest absolute Gasteiger partial charge is 0.257 e. The summed E-state index contributed by atoms with van der Waals surface area (Å²) in [4.78, 5) is 21.4. The van der Waals surface area contributed by atoms with E-state index < -0.39 is 0 Å². The molecule has 0 radical (unpaired) electrons. The molecule has 1 saturated carbocycles. The second-order valence-electron chi connectivity index (χ2n) is 8.28. The molecule has 136 valence electrons. The monoisotopic (exact) mass is 352 g/mol. The summed E-state index contributed by atoms with van der Waals surface area (Å²) >= 11 is 0. The quantitative estimate of drug-likeness (QED) is 0.850. The van der Waals surface area contributed by atoms with Crippen molar-refractivity contribution < 1.29 is 9.32 Å². The molecular weight excluding hydrogens is 328 g/mol. The topological polar surface area (TPSA) is 62.5 Å². The van der Waals surface area contributed by atoms with Gasteiger partial charge in [-0.2, -0.15) is 4.98 Å². The molecule has 2 aromatic rings. The molecule has 1 amide bonds. The van der Waals surface area contributed by atoms with Crippen LogP contribution in [0, 0.1) is 11.3 Å². The fraction of sp³-hybridized carbons (Fsp3) is 0.550. The fourth-order valence-corrected chi connectivity index (χ4v) is 4.69. The van der Waals surface area contributed by atoms with Crippen LogP contribution >= 0.6 is 0 Å². The minimum Gasteiger partial charge on any atom is -0.341 e. The van der Waals surface area contributed by atoms with Crippen LogP contribution in [0.3, 0.4) is 0 Å². The zero-order chi connectivity index (χ0) is 17.7. The second-order valence-corrected chi connectivity index (χ2v) is 8.28. The number of nitrogens with zero attached hydrogens (tertiary/aromatic N) is 4. The van der Waals surface area contributed by atoms with Crippen LogP contribution in [0.5, 0.6) is 0 Å². The highest BCUT2D eigenvalue weighted by Crippen LogP contribution is 2.48. The predicted molar refractivity (Wildman–Crippen MR) is 96.1 cm³/mol. The van der Waals surface area contributed by atoms with Crippen LogP contribution in [0.1, 0.15) is 37.5 Å². The van der Waals surface area contributed by atoms with Crippen LogP contribution in [0.25, 0.3) is 11.5 Å². The Bertz CT molecular complexity index is 808. The molecule has 5 rings (SSSR count). The SMILES string of the molecule is CN1CC2(CC1c1noc(-c3ccccc3)n1)CN(C(=O)C1CCC1)C2. The van der Waals surface area contributed by atoms with Crippen molar-refractivity contribution in [2.45, 2.75) is 31.7 Å². The first-order chi connectivity index (χ1) is 12.6. The summed E-state index contributed by atoms with van der Waals surface area (Å²) in [5.74, 6) is 2.00. The van der Waals surface area contributed by atoms with Gasteiger partial charge in [0, 0.05) is 36.5 Å². The Morgan fingerprint density at radius 1 is 1.19 bits per heavy atom. The van der Waals surface area contributed by atoms with Crippen LogP contribution in [-0.2, 0) is 4.79 Å². The molecule has 2 aliphatic heterocycles. The number of benzene rings is 1. The van der Waals surface area contributed by atoms with E-state index in [1.54, 1.807) is 0 Å². The van der Waals surface area contributed by atoms with Gasteiger partial charge in [0.05, 0.1) is 6.04 Å². The van der Waals surface area contributed by atoms with Crippen molar-refractivity contribution >= 4 is 5.91 Å². The number of carbonyl (C=O) groups excluding carboxylic acids is 1. The van der Waals surface area contributed by atoms with Crippen LogP contribution < -0.4 is 0 Å². The van der Waals surface area contributed by atoms with Gasteiger partial charge in [-0.1, -0.05) is 29.8 Å². The first kappa shape index (κ1) is 16.0. The van der Waals surface area contributed by atoms with Crippen LogP contribution in [0.15, 0.2) is 34.9 Å². The maximum absolute atomic E-state index is 12.4. The van der Waals surface area contributed by atoms with Crippen LogP contribution in [-0.4, -0.2) is 52.5 Å². The van der Waals surface area contributed by atoms with Crippen molar-refractivity contribution in [2.75, 3.05) is 26.7 Å². The second kappa shape index (κ2) is 5.91. The van der Waals surface area contributed by atoms with E-state index in [9.17, 15) is 4.79 Å². The molecular formula is C20H24N4O2. The third-order valence-electron chi connectivity index (χ3n) is 6.32. The summed E-state index contributed by atoms with van der Waals surface area (Å²) in [5, 5.41) is 4.25. The van der Waals surface area contributed by atoms with Gasteiger partial charge in [-0.15, -0.1) is 0 Å². The zero-order valence-electron chi connectivity index (χ0n) is 15.1. The Morgan fingerprint density at radius 3 is 2.65 bits per heavy atom. The molecule has 0 bridgehead atoms. The largest absolute Gasteiger partial charge is 0.341 e. The summed E-state index contributed by atoms with van der Waals surface area (Å²) in [5.41, 5.74) is 1.15. The highest BCUT2D eigenvalue weighted by atomic mass is 16.5. The third-order valence-corrected chi connectivity index (χ3v) is 6.32. The number of hydrogen-bond acceptors (Lipinski definition) is 5. The molecule has 0 N–H and O–H groups in total. The summed E-state index contributed by atoms with van der Waals surface area (Å²) < 4.78 is 5.49. The molecule has 1 spiro atoms. The predicted octanol–water partition coefficient (Wildman–Crippen LogP) is 2.74. The Labute approximate surface area is 153 Å². The van der Waals surface area contributed by atoms with Gasteiger partial charge in [0.2, 0.25) is 5.91 Å². The Hall–Kier alpha value is -2.21. The fourth-order valence-electron chi connectivity index (χ4n) is 4.69. The molecule has 1 atom stereocenters. The lowest BCUT2D eigenvalue weighted by atomic mass is 9.75.